The fourth-order valence-corrected chi connectivity index (χ4v) is 3.01. The van der Waals surface area contributed by atoms with Crippen molar-refractivity contribution in [3.05, 3.63) is 82.3 Å². The van der Waals surface area contributed by atoms with E-state index in [0.717, 1.165) is 16.8 Å². The second kappa shape index (κ2) is 8.45. The molecule has 3 rings (SSSR count). The number of ether oxygens (including phenoxy) is 1. The van der Waals surface area contributed by atoms with Crippen molar-refractivity contribution in [2.24, 2.45) is 0 Å². The standard InChI is InChI=1S/C21H20N2O2S/c1-15-6-8-20(13-22-15)25-19-5-3-4-18(12-19)16(2)23-21(24)9-7-17-10-11-26-14-17/h3-14,16H,1-2H3,(H,23,24)/b9-7+/t16-/m1/s1. The molecule has 0 bridgehead atoms. The molecule has 26 heavy (non-hydrogen) atoms. The van der Waals surface area contributed by atoms with Crippen LogP contribution in [0.2, 0.25) is 0 Å². The third-order valence-electron chi connectivity index (χ3n) is 3.81. The molecule has 1 amide bonds. The number of aryl methyl sites for hydroxylation is 1. The number of benzene rings is 1. The molecular formula is C21H20N2O2S. The molecule has 2 aromatic heterocycles. The monoisotopic (exact) mass is 364 g/mol. The van der Waals surface area contributed by atoms with E-state index >= 15 is 0 Å². The molecule has 0 aliphatic carbocycles. The smallest absolute Gasteiger partial charge is 0.244 e. The zero-order valence-electron chi connectivity index (χ0n) is 14.7. The fraction of sp³-hybridized carbons (Fsp3) is 0.143. The van der Waals surface area contributed by atoms with Crippen molar-refractivity contribution in [2.45, 2.75) is 19.9 Å². The second-order valence-electron chi connectivity index (χ2n) is 5.93. The van der Waals surface area contributed by atoms with Gasteiger partial charge in [0.15, 0.2) is 0 Å². The summed E-state index contributed by atoms with van der Waals surface area (Å²) in [4.78, 5) is 16.3. The molecule has 0 fully saturated rings. The van der Waals surface area contributed by atoms with Gasteiger partial charge >= 0.3 is 0 Å². The number of aromatic nitrogens is 1. The predicted octanol–water partition coefficient (Wildman–Crippen LogP) is 5.13. The highest BCUT2D eigenvalue weighted by atomic mass is 32.1. The Kier molecular flexibility index (Phi) is 5.81. The molecule has 1 N–H and O–H groups in total. The van der Waals surface area contributed by atoms with Crippen molar-refractivity contribution < 1.29 is 9.53 Å². The van der Waals surface area contributed by atoms with Gasteiger partial charge in [0.25, 0.3) is 0 Å². The van der Waals surface area contributed by atoms with Crippen LogP contribution in [0.5, 0.6) is 11.5 Å². The molecular weight excluding hydrogens is 344 g/mol. The molecule has 1 atom stereocenters. The van der Waals surface area contributed by atoms with E-state index in [1.807, 2.05) is 73.1 Å². The number of carbonyl (C=O) groups is 1. The molecule has 0 spiro atoms. The summed E-state index contributed by atoms with van der Waals surface area (Å²) in [7, 11) is 0. The Morgan fingerprint density at radius 2 is 2.12 bits per heavy atom. The number of pyridine rings is 1. The number of hydrogen-bond acceptors (Lipinski definition) is 4. The summed E-state index contributed by atoms with van der Waals surface area (Å²) in [5.41, 5.74) is 2.94. The van der Waals surface area contributed by atoms with Gasteiger partial charge in [-0.15, -0.1) is 0 Å². The van der Waals surface area contributed by atoms with Gasteiger partial charge in [0.05, 0.1) is 12.2 Å². The van der Waals surface area contributed by atoms with Crippen LogP contribution in [0.1, 0.15) is 29.8 Å². The summed E-state index contributed by atoms with van der Waals surface area (Å²) in [5, 5.41) is 6.94. The lowest BCUT2D eigenvalue weighted by Gasteiger charge is -2.14. The number of carbonyl (C=O) groups excluding carboxylic acids is 1. The van der Waals surface area contributed by atoms with Crippen LogP contribution in [0, 0.1) is 6.92 Å². The molecule has 0 saturated carbocycles. The van der Waals surface area contributed by atoms with Crippen molar-refractivity contribution in [1.82, 2.24) is 10.3 Å². The maximum atomic E-state index is 12.1. The average molecular weight is 364 g/mol. The predicted molar refractivity (Wildman–Crippen MR) is 105 cm³/mol. The first-order valence-electron chi connectivity index (χ1n) is 8.31. The number of amides is 1. The molecule has 0 unspecified atom stereocenters. The van der Waals surface area contributed by atoms with Gasteiger partial charge in [0.2, 0.25) is 5.91 Å². The third kappa shape index (κ3) is 5.04. The van der Waals surface area contributed by atoms with Crippen molar-refractivity contribution in [1.29, 1.82) is 0 Å². The Morgan fingerprint density at radius 3 is 2.85 bits per heavy atom. The Bertz CT molecular complexity index is 887. The molecule has 3 aromatic rings. The van der Waals surface area contributed by atoms with E-state index in [2.05, 4.69) is 10.3 Å². The lowest BCUT2D eigenvalue weighted by Crippen LogP contribution is -2.24. The maximum absolute atomic E-state index is 12.1. The van der Waals surface area contributed by atoms with Crippen molar-refractivity contribution in [3.8, 4) is 11.5 Å². The number of hydrogen-bond donors (Lipinski definition) is 1. The number of nitrogens with zero attached hydrogens (tertiary/aromatic N) is 1. The molecule has 2 heterocycles. The van der Waals surface area contributed by atoms with Gasteiger partial charge in [0, 0.05) is 11.8 Å². The number of rotatable bonds is 6. The zero-order valence-corrected chi connectivity index (χ0v) is 15.5. The Labute approximate surface area is 157 Å². The van der Waals surface area contributed by atoms with E-state index in [1.54, 1.807) is 23.6 Å². The highest BCUT2D eigenvalue weighted by molar-refractivity contribution is 7.08. The van der Waals surface area contributed by atoms with Gasteiger partial charge in [-0.2, -0.15) is 11.3 Å². The Hall–Kier alpha value is -2.92. The van der Waals surface area contributed by atoms with E-state index in [-0.39, 0.29) is 11.9 Å². The first kappa shape index (κ1) is 17.9. The minimum Gasteiger partial charge on any atom is -0.456 e. The van der Waals surface area contributed by atoms with Crippen LogP contribution in [0.25, 0.3) is 6.08 Å². The molecule has 0 aliphatic rings. The second-order valence-corrected chi connectivity index (χ2v) is 6.71. The normalized spacial score (nSPS) is 12.1. The van der Waals surface area contributed by atoms with Gasteiger partial charge in [-0.05, 0) is 72.1 Å². The lowest BCUT2D eigenvalue weighted by molar-refractivity contribution is -0.117. The van der Waals surface area contributed by atoms with E-state index in [0.29, 0.717) is 11.5 Å². The first-order chi connectivity index (χ1) is 12.6. The summed E-state index contributed by atoms with van der Waals surface area (Å²) in [6.45, 7) is 3.88. The van der Waals surface area contributed by atoms with Gasteiger partial charge < -0.3 is 10.1 Å². The summed E-state index contributed by atoms with van der Waals surface area (Å²) < 4.78 is 5.84. The van der Waals surface area contributed by atoms with Crippen molar-refractivity contribution >= 4 is 23.3 Å². The van der Waals surface area contributed by atoms with Crippen LogP contribution in [-0.2, 0) is 4.79 Å². The minimum atomic E-state index is -0.130. The van der Waals surface area contributed by atoms with Crippen LogP contribution in [-0.4, -0.2) is 10.9 Å². The van der Waals surface area contributed by atoms with E-state index in [1.165, 1.54) is 0 Å². The van der Waals surface area contributed by atoms with Gasteiger partial charge in [0.1, 0.15) is 11.5 Å². The maximum Gasteiger partial charge on any atom is 0.244 e. The summed E-state index contributed by atoms with van der Waals surface area (Å²) >= 11 is 1.60. The van der Waals surface area contributed by atoms with Gasteiger partial charge in [-0.3, -0.25) is 9.78 Å². The lowest BCUT2D eigenvalue weighted by atomic mass is 10.1. The SMILES string of the molecule is Cc1ccc(Oc2cccc([C@@H](C)NC(=O)/C=C/c3ccsc3)c2)cn1. The van der Waals surface area contributed by atoms with Gasteiger partial charge in [-0.1, -0.05) is 12.1 Å². The molecule has 132 valence electrons. The van der Waals surface area contributed by atoms with Crippen LogP contribution >= 0.6 is 11.3 Å². The van der Waals surface area contributed by atoms with Crippen LogP contribution in [0.3, 0.4) is 0 Å². The number of thiophene rings is 1. The zero-order chi connectivity index (χ0) is 18.4. The minimum absolute atomic E-state index is 0.127. The molecule has 1 aromatic carbocycles. The molecule has 0 aliphatic heterocycles. The first-order valence-corrected chi connectivity index (χ1v) is 9.26. The molecule has 0 saturated heterocycles. The van der Waals surface area contributed by atoms with E-state index < -0.39 is 0 Å². The molecule has 0 radical (unpaired) electrons. The average Bonchev–Trinajstić information content (AvgIpc) is 3.16. The van der Waals surface area contributed by atoms with Gasteiger partial charge in [-0.25, -0.2) is 0 Å². The van der Waals surface area contributed by atoms with Crippen molar-refractivity contribution in [3.63, 3.8) is 0 Å². The summed E-state index contributed by atoms with van der Waals surface area (Å²) in [5.74, 6) is 1.27. The van der Waals surface area contributed by atoms with E-state index in [9.17, 15) is 4.79 Å². The Morgan fingerprint density at radius 1 is 1.23 bits per heavy atom. The summed E-state index contributed by atoms with van der Waals surface area (Å²) in [6, 6.07) is 13.3. The summed E-state index contributed by atoms with van der Waals surface area (Å²) in [6.07, 6.45) is 5.06. The van der Waals surface area contributed by atoms with Crippen LogP contribution in [0.15, 0.2) is 65.5 Å². The van der Waals surface area contributed by atoms with E-state index in [4.69, 9.17) is 4.74 Å². The highest BCUT2D eigenvalue weighted by Crippen LogP contribution is 2.24. The fourth-order valence-electron chi connectivity index (χ4n) is 2.38. The quantitative estimate of drug-likeness (QED) is 0.617. The third-order valence-corrected chi connectivity index (χ3v) is 4.51. The Balaban J connectivity index is 1.63. The largest absolute Gasteiger partial charge is 0.456 e. The highest BCUT2D eigenvalue weighted by Gasteiger charge is 2.09. The van der Waals surface area contributed by atoms with Crippen LogP contribution < -0.4 is 10.1 Å². The molecule has 4 nitrogen and oxygen atoms in total. The number of nitrogens with one attached hydrogen (secondary N) is 1. The topological polar surface area (TPSA) is 51.2 Å². The van der Waals surface area contributed by atoms with Crippen LogP contribution in [0.4, 0.5) is 0 Å². The molecule has 5 heteroatoms. The van der Waals surface area contributed by atoms with Crippen molar-refractivity contribution in [2.75, 3.05) is 0 Å².